The molecule has 1 unspecified atom stereocenters. The molecule has 8 nitrogen and oxygen atoms in total. The van der Waals surface area contributed by atoms with Gasteiger partial charge in [0.15, 0.2) is 5.82 Å². The van der Waals surface area contributed by atoms with Gasteiger partial charge in [-0.15, -0.1) is 11.8 Å². The molecule has 3 saturated heterocycles. The highest BCUT2D eigenvalue weighted by Crippen LogP contribution is 2.46. The first-order valence-electron chi connectivity index (χ1n) is 8.82. The molecule has 0 aliphatic carbocycles. The number of urea groups is 1. The number of nitrogens with zero attached hydrogens (tertiary/aromatic N) is 1. The fourth-order valence-corrected chi connectivity index (χ4v) is 5.61. The Balaban J connectivity index is 1.41. The molecule has 1 spiro atoms. The van der Waals surface area contributed by atoms with E-state index >= 15 is 0 Å². The minimum Gasteiger partial charge on any atom is -0.396 e. The number of amides is 4. The van der Waals surface area contributed by atoms with Crippen LogP contribution < -0.4 is 21.7 Å². The van der Waals surface area contributed by atoms with Crippen molar-refractivity contribution in [1.82, 2.24) is 20.9 Å². The van der Waals surface area contributed by atoms with Crippen molar-refractivity contribution in [3.8, 4) is 0 Å². The molecule has 28 heavy (non-hydrogen) atoms. The minimum atomic E-state index is -0.796. The number of thioether (sulfide) groups is 1. The van der Waals surface area contributed by atoms with Crippen molar-refractivity contribution >= 4 is 46.9 Å². The molecule has 0 aromatic heterocycles. The molecule has 4 rings (SSSR count). The van der Waals surface area contributed by atoms with Gasteiger partial charge in [-0.1, -0.05) is 11.6 Å². The van der Waals surface area contributed by atoms with Gasteiger partial charge in [0.2, 0.25) is 5.91 Å². The monoisotopic (exact) mass is 427 g/mol. The number of halogens is 2. The summed E-state index contributed by atoms with van der Waals surface area (Å²) in [4.78, 5) is 37.9. The average Bonchev–Trinajstić information content (AvgIpc) is 3.24. The number of hydrogen-bond acceptors (Lipinski definition) is 5. The maximum atomic E-state index is 13.9. The van der Waals surface area contributed by atoms with Crippen LogP contribution in [-0.2, 0) is 4.79 Å². The molecule has 0 saturated carbocycles. The standard InChI is InChI=1S/C17H19ClFN5O3S/c18-9-2-1-8(13(20)12(9)19)15(26)24-6-17(7-24)11(3-4-28-17)23-14(25)10-5-21-16(27)22-10/h1-2,10-11H,3-7,20H2,(H,23,25)(H2,21,22,27)/t10-,11?/m0/s1. The number of hydrogen-bond donors (Lipinski definition) is 4. The Kier molecular flexibility index (Phi) is 4.78. The highest BCUT2D eigenvalue weighted by Gasteiger charge is 2.54. The molecule has 2 atom stereocenters. The second-order valence-electron chi connectivity index (χ2n) is 7.15. The van der Waals surface area contributed by atoms with Crippen LogP contribution in [0.1, 0.15) is 16.8 Å². The summed E-state index contributed by atoms with van der Waals surface area (Å²) < 4.78 is 13.6. The van der Waals surface area contributed by atoms with E-state index in [-0.39, 0.29) is 51.5 Å². The lowest BCUT2D eigenvalue weighted by Crippen LogP contribution is -2.69. The van der Waals surface area contributed by atoms with Crippen LogP contribution in [0.4, 0.5) is 14.9 Å². The van der Waals surface area contributed by atoms with Gasteiger partial charge in [0.1, 0.15) is 6.04 Å². The van der Waals surface area contributed by atoms with Gasteiger partial charge < -0.3 is 26.6 Å². The van der Waals surface area contributed by atoms with Crippen LogP contribution in [0.25, 0.3) is 0 Å². The second-order valence-corrected chi connectivity index (χ2v) is 9.07. The van der Waals surface area contributed by atoms with Gasteiger partial charge in [-0.2, -0.15) is 0 Å². The molecule has 1 aromatic rings. The number of benzene rings is 1. The molecule has 4 amide bonds. The zero-order valence-corrected chi connectivity index (χ0v) is 16.3. The number of anilines is 1. The number of rotatable bonds is 3. The van der Waals surface area contributed by atoms with Crippen molar-refractivity contribution in [3.63, 3.8) is 0 Å². The summed E-state index contributed by atoms with van der Waals surface area (Å²) >= 11 is 7.41. The summed E-state index contributed by atoms with van der Waals surface area (Å²) in [5.74, 6) is -0.530. The lowest BCUT2D eigenvalue weighted by Gasteiger charge is -2.50. The predicted octanol–water partition coefficient (Wildman–Crippen LogP) is 0.559. The number of carbonyl (C=O) groups excluding carboxylic acids is 3. The molecule has 3 aliphatic heterocycles. The molecular weight excluding hydrogens is 409 g/mol. The van der Waals surface area contributed by atoms with Crippen molar-refractivity contribution < 1.29 is 18.8 Å². The van der Waals surface area contributed by atoms with E-state index < -0.39 is 11.9 Å². The Morgan fingerprint density at radius 1 is 1.39 bits per heavy atom. The Hall–Kier alpha value is -2.20. The van der Waals surface area contributed by atoms with Crippen LogP contribution in [0.2, 0.25) is 5.02 Å². The third kappa shape index (κ3) is 3.14. The van der Waals surface area contributed by atoms with Gasteiger partial charge in [0.05, 0.1) is 21.0 Å². The maximum absolute atomic E-state index is 13.9. The first-order valence-corrected chi connectivity index (χ1v) is 10.2. The largest absolute Gasteiger partial charge is 0.396 e. The van der Waals surface area contributed by atoms with E-state index in [4.69, 9.17) is 17.3 Å². The molecule has 0 bridgehead atoms. The average molecular weight is 428 g/mol. The first kappa shape index (κ1) is 19.1. The van der Waals surface area contributed by atoms with E-state index in [1.165, 1.54) is 12.1 Å². The summed E-state index contributed by atoms with van der Waals surface area (Å²) in [6.45, 7) is 1.12. The molecule has 3 aliphatic rings. The van der Waals surface area contributed by atoms with Gasteiger partial charge >= 0.3 is 6.03 Å². The van der Waals surface area contributed by atoms with Crippen molar-refractivity contribution in [3.05, 3.63) is 28.5 Å². The molecule has 3 fully saturated rings. The van der Waals surface area contributed by atoms with E-state index in [9.17, 15) is 18.8 Å². The predicted molar refractivity (Wildman–Crippen MR) is 104 cm³/mol. The summed E-state index contributed by atoms with van der Waals surface area (Å²) in [6, 6.07) is 1.68. The normalized spacial score (nSPS) is 25.2. The molecule has 1 aromatic carbocycles. The highest BCUT2D eigenvalue weighted by molar-refractivity contribution is 8.01. The Bertz CT molecular complexity index is 863. The summed E-state index contributed by atoms with van der Waals surface area (Å²) in [5, 5.41) is 8.00. The van der Waals surface area contributed by atoms with Gasteiger partial charge in [-0.25, -0.2) is 9.18 Å². The van der Waals surface area contributed by atoms with Crippen molar-refractivity contribution in [1.29, 1.82) is 0 Å². The van der Waals surface area contributed by atoms with Crippen LogP contribution in [0.3, 0.4) is 0 Å². The molecular formula is C17H19ClFN5O3S. The van der Waals surface area contributed by atoms with Gasteiger partial charge in [0, 0.05) is 25.7 Å². The number of nitrogen functional groups attached to an aromatic ring is 1. The van der Waals surface area contributed by atoms with Gasteiger partial charge in [0.25, 0.3) is 5.91 Å². The van der Waals surface area contributed by atoms with E-state index in [1.54, 1.807) is 16.7 Å². The van der Waals surface area contributed by atoms with Crippen LogP contribution in [-0.4, -0.2) is 65.0 Å². The van der Waals surface area contributed by atoms with E-state index in [0.29, 0.717) is 13.1 Å². The Morgan fingerprint density at radius 3 is 2.82 bits per heavy atom. The van der Waals surface area contributed by atoms with Gasteiger partial charge in [-0.05, 0) is 24.3 Å². The van der Waals surface area contributed by atoms with E-state index in [1.807, 2.05) is 0 Å². The molecule has 5 N–H and O–H groups in total. The SMILES string of the molecule is Nc1c(C(=O)N2CC3(C2)SCCC3NC(=O)[C@@H]2CNC(=O)N2)ccc(Cl)c1F. The number of likely N-dealkylation sites (tertiary alicyclic amines) is 1. The number of nitrogens with one attached hydrogen (secondary N) is 3. The first-order chi connectivity index (χ1) is 13.3. The Labute approximate surface area is 169 Å². The fraction of sp³-hybridized carbons (Fsp3) is 0.471. The highest BCUT2D eigenvalue weighted by atomic mass is 35.5. The van der Waals surface area contributed by atoms with Gasteiger partial charge in [-0.3, -0.25) is 9.59 Å². The third-order valence-corrected chi connectivity index (χ3v) is 7.25. The zero-order chi connectivity index (χ0) is 20.1. The summed E-state index contributed by atoms with van der Waals surface area (Å²) in [6.07, 6.45) is 0.782. The van der Waals surface area contributed by atoms with E-state index in [0.717, 1.165) is 12.2 Å². The smallest absolute Gasteiger partial charge is 0.315 e. The number of nitrogens with two attached hydrogens (primary N) is 1. The van der Waals surface area contributed by atoms with Crippen LogP contribution in [0.15, 0.2) is 12.1 Å². The molecule has 0 radical (unpaired) electrons. The third-order valence-electron chi connectivity index (χ3n) is 5.40. The molecule has 11 heteroatoms. The Morgan fingerprint density at radius 2 is 2.14 bits per heavy atom. The molecule has 150 valence electrons. The van der Waals surface area contributed by atoms with Crippen LogP contribution in [0.5, 0.6) is 0 Å². The lowest BCUT2D eigenvalue weighted by atomic mass is 9.88. The lowest BCUT2D eigenvalue weighted by molar-refractivity contribution is -0.123. The van der Waals surface area contributed by atoms with E-state index in [2.05, 4.69) is 16.0 Å². The van der Waals surface area contributed by atoms with Crippen molar-refractivity contribution in [2.24, 2.45) is 0 Å². The van der Waals surface area contributed by atoms with Crippen molar-refractivity contribution in [2.75, 3.05) is 31.1 Å². The van der Waals surface area contributed by atoms with Crippen molar-refractivity contribution in [2.45, 2.75) is 23.3 Å². The van der Waals surface area contributed by atoms with Crippen LogP contribution in [0, 0.1) is 5.82 Å². The summed E-state index contributed by atoms with van der Waals surface area (Å²) in [5.41, 5.74) is 5.54. The van der Waals surface area contributed by atoms with Crippen LogP contribution >= 0.6 is 23.4 Å². The number of carbonyl (C=O) groups is 3. The molecule has 3 heterocycles. The quantitative estimate of drug-likeness (QED) is 0.526. The fourth-order valence-electron chi connectivity index (χ4n) is 3.81. The second kappa shape index (κ2) is 7.00. The topological polar surface area (TPSA) is 117 Å². The maximum Gasteiger partial charge on any atom is 0.315 e. The minimum absolute atomic E-state index is 0.0834. The zero-order valence-electron chi connectivity index (χ0n) is 14.8. The summed E-state index contributed by atoms with van der Waals surface area (Å²) in [7, 11) is 0.